The van der Waals surface area contributed by atoms with Crippen LogP contribution in [0.15, 0.2) is 29.3 Å². The zero-order chi connectivity index (χ0) is 19.4. The number of hydrogen-bond acceptors (Lipinski definition) is 6. The minimum absolute atomic E-state index is 0.215. The minimum Gasteiger partial charge on any atom is -0.378 e. The highest BCUT2D eigenvalue weighted by Gasteiger charge is 2.25. The first-order chi connectivity index (χ1) is 14.2. The Morgan fingerprint density at radius 3 is 2.76 bits per heavy atom. The lowest BCUT2D eigenvalue weighted by atomic mass is 10.1. The van der Waals surface area contributed by atoms with Crippen LogP contribution in [0.25, 0.3) is 33.5 Å². The summed E-state index contributed by atoms with van der Waals surface area (Å²) in [5.41, 5.74) is 4.67. The molecule has 0 amide bonds. The van der Waals surface area contributed by atoms with Crippen LogP contribution in [0.3, 0.4) is 0 Å². The maximum absolute atomic E-state index is 11.7. The summed E-state index contributed by atoms with van der Waals surface area (Å²) in [6, 6.07) is 5.81. The summed E-state index contributed by atoms with van der Waals surface area (Å²) in [6.07, 6.45) is 4.41. The van der Waals surface area contributed by atoms with E-state index in [9.17, 15) is 4.79 Å². The first-order valence-corrected chi connectivity index (χ1v) is 10.0. The fourth-order valence-corrected chi connectivity index (χ4v) is 3.93. The highest BCUT2D eigenvalue weighted by atomic mass is 16.5. The van der Waals surface area contributed by atoms with E-state index in [-0.39, 0.29) is 5.69 Å². The predicted octanol–water partition coefficient (Wildman–Crippen LogP) is 1.91. The average Bonchev–Trinajstić information content (AvgIpc) is 3.35. The van der Waals surface area contributed by atoms with Gasteiger partial charge in [0.15, 0.2) is 5.65 Å². The zero-order valence-corrected chi connectivity index (χ0v) is 15.9. The van der Waals surface area contributed by atoms with Gasteiger partial charge in [0.25, 0.3) is 0 Å². The van der Waals surface area contributed by atoms with Crippen molar-refractivity contribution in [3.63, 3.8) is 0 Å². The molecule has 9 heteroatoms. The van der Waals surface area contributed by atoms with Gasteiger partial charge in [-0.15, -0.1) is 0 Å². The molecule has 2 N–H and O–H groups in total. The number of fused-ring (bicyclic) bond motifs is 2. The van der Waals surface area contributed by atoms with E-state index in [1.165, 1.54) is 12.8 Å². The van der Waals surface area contributed by atoms with Crippen LogP contribution in [-0.4, -0.2) is 55.8 Å². The van der Waals surface area contributed by atoms with Gasteiger partial charge >= 0.3 is 5.69 Å². The Balaban J connectivity index is 1.53. The number of nitrogens with one attached hydrogen (secondary N) is 2. The van der Waals surface area contributed by atoms with Crippen molar-refractivity contribution in [1.29, 1.82) is 0 Å². The second kappa shape index (κ2) is 6.41. The molecule has 1 aliphatic carbocycles. The summed E-state index contributed by atoms with van der Waals surface area (Å²) < 4.78 is 7.64. The molecule has 0 radical (unpaired) electrons. The van der Waals surface area contributed by atoms with Gasteiger partial charge in [-0.05, 0) is 30.9 Å². The summed E-state index contributed by atoms with van der Waals surface area (Å²) in [7, 11) is 0. The quantitative estimate of drug-likeness (QED) is 0.551. The SMILES string of the molecule is O=c1[nH]c2ccc(-c3nc(N4CCOCC4)nc4c3ncn4CC3CC3)cc2[nH]1. The number of aromatic amines is 2. The summed E-state index contributed by atoms with van der Waals surface area (Å²) in [5.74, 6) is 1.43. The standard InChI is InChI=1S/C20H21N7O2/c28-20-22-14-4-3-13(9-15(14)23-20)16-17-18(27(11-21-17)10-12-1-2-12)25-19(24-16)26-5-7-29-8-6-26/h3-4,9,11-12H,1-2,5-8,10H2,(H2,22,23,28). The van der Waals surface area contributed by atoms with Crippen LogP contribution in [0.2, 0.25) is 0 Å². The maximum atomic E-state index is 11.7. The number of H-pyrrole nitrogens is 2. The Bertz CT molecular complexity index is 1260. The molecular formula is C20H21N7O2. The maximum Gasteiger partial charge on any atom is 0.323 e. The molecule has 1 aromatic carbocycles. The Morgan fingerprint density at radius 2 is 1.93 bits per heavy atom. The number of ether oxygens (including phenoxy) is 1. The van der Waals surface area contributed by atoms with Gasteiger partial charge in [0.05, 0.1) is 30.6 Å². The van der Waals surface area contributed by atoms with Crippen molar-refractivity contribution in [3.05, 3.63) is 35.0 Å². The van der Waals surface area contributed by atoms with Gasteiger partial charge in [-0.3, -0.25) is 0 Å². The van der Waals surface area contributed by atoms with E-state index in [0.29, 0.717) is 19.2 Å². The molecule has 6 rings (SSSR count). The first kappa shape index (κ1) is 16.7. The van der Waals surface area contributed by atoms with Crippen LogP contribution in [0, 0.1) is 5.92 Å². The smallest absolute Gasteiger partial charge is 0.323 e. The zero-order valence-electron chi connectivity index (χ0n) is 15.9. The molecule has 148 valence electrons. The topological polar surface area (TPSA) is 105 Å². The van der Waals surface area contributed by atoms with Crippen molar-refractivity contribution in [2.75, 3.05) is 31.2 Å². The third-order valence-corrected chi connectivity index (χ3v) is 5.69. The van der Waals surface area contributed by atoms with Gasteiger partial charge in [-0.2, -0.15) is 4.98 Å². The monoisotopic (exact) mass is 391 g/mol. The number of hydrogen-bond donors (Lipinski definition) is 2. The summed E-state index contributed by atoms with van der Waals surface area (Å²) in [5, 5.41) is 0. The molecule has 3 aromatic heterocycles. The second-order valence-corrected chi connectivity index (χ2v) is 7.82. The molecule has 0 bridgehead atoms. The molecule has 4 heterocycles. The summed E-state index contributed by atoms with van der Waals surface area (Å²) in [4.78, 5) is 33.9. The molecule has 0 spiro atoms. The third kappa shape index (κ3) is 2.98. The van der Waals surface area contributed by atoms with E-state index in [0.717, 1.165) is 59.0 Å². The average molecular weight is 391 g/mol. The molecular weight excluding hydrogens is 370 g/mol. The molecule has 29 heavy (non-hydrogen) atoms. The van der Waals surface area contributed by atoms with Crippen LogP contribution in [-0.2, 0) is 11.3 Å². The Kier molecular flexibility index (Phi) is 3.70. The second-order valence-electron chi connectivity index (χ2n) is 7.82. The van der Waals surface area contributed by atoms with Crippen molar-refractivity contribution in [2.24, 2.45) is 5.92 Å². The van der Waals surface area contributed by atoms with Crippen molar-refractivity contribution in [2.45, 2.75) is 19.4 Å². The molecule has 0 unspecified atom stereocenters. The molecule has 1 aliphatic heterocycles. The Labute approximate surface area is 165 Å². The first-order valence-electron chi connectivity index (χ1n) is 10.0. The molecule has 1 saturated heterocycles. The van der Waals surface area contributed by atoms with Crippen molar-refractivity contribution >= 4 is 28.1 Å². The van der Waals surface area contributed by atoms with Gasteiger partial charge in [0, 0.05) is 25.2 Å². The third-order valence-electron chi connectivity index (χ3n) is 5.69. The van der Waals surface area contributed by atoms with Crippen molar-refractivity contribution in [3.8, 4) is 11.3 Å². The van der Waals surface area contributed by atoms with E-state index < -0.39 is 0 Å². The van der Waals surface area contributed by atoms with Crippen molar-refractivity contribution < 1.29 is 4.74 Å². The highest BCUT2D eigenvalue weighted by Crippen LogP contribution is 2.33. The lowest BCUT2D eigenvalue weighted by Crippen LogP contribution is -2.37. The molecule has 2 aliphatic rings. The van der Waals surface area contributed by atoms with Crippen LogP contribution < -0.4 is 10.6 Å². The van der Waals surface area contributed by atoms with Gasteiger partial charge in [-0.25, -0.2) is 14.8 Å². The van der Waals surface area contributed by atoms with Gasteiger partial charge in [0.1, 0.15) is 11.2 Å². The lowest BCUT2D eigenvalue weighted by molar-refractivity contribution is 0.122. The highest BCUT2D eigenvalue weighted by molar-refractivity contribution is 5.91. The van der Waals surface area contributed by atoms with Gasteiger partial charge in [-0.1, -0.05) is 6.07 Å². The predicted molar refractivity (Wildman–Crippen MR) is 109 cm³/mol. The number of anilines is 1. The van der Waals surface area contributed by atoms with Gasteiger partial charge in [0.2, 0.25) is 5.95 Å². The van der Waals surface area contributed by atoms with Crippen LogP contribution in [0.4, 0.5) is 5.95 Å². The lowest BCUT2D eigenvalue weighted by Gasteiger charge is -2.27. The van der Waals surface area contributed by atoms with Gasteiger partial charge < -0.3 is 24.2 Å². The number of morpholine rings is 1. The normalized spacial score (nSPS) is 17.4. The fourth-order valence-electron chi connectivity index (χ4n) is 3.93. The van der Waals surface area contributed by atoms with E-state index >= 15 is 0 Å². The van der Waals surface area contributed by atoms with E-state index in [2.05, 4.69) is 24.4 Å². The summed E-state index contributed by atoms with van der Waals surface area (Å²) in [6.45, 7) is 3.83. The van der Waals surface area contributed by atoms with E-state index in [1.54, 1.807) is 0 Å². The van der Waals surface area contributed by atoms with Crippen molar-refractivity contribution in [1.82, 2.24) is 29.5 Å². The van der Waals surface area contributed by atoms with E-state index in [4.69, 9.17) is 14.7 Å². The molecule has 9 nitrogen and oxygen atoms in total. The Hall–Kier alpha value is -3.20. The number of imidazole rings is 2. The number of rotatable bonds is 4. The molecule has 1 saturated carbocycles. The largest absolute Gasteiger partial charge is 0.378 e. The van der Waals surface area contributed by atoms with E-state index in [1.807, 2.05) is 24.5 Å². The number of nitrogens with zero attached hydrogens (tertiary/aromatic N) is 5. The van der Waals surface area contributed by atoms with Crippen LogP contribution in [0.5, 0.6) is 0 Å². The Morgan fingerprint density at radius 1 is 1.10 bits per heavy atom. The summed E-state index contributed by atoms with van der Waals surface area (Å²) >= 11 is 0. The number of aromatic nitrogens is 6. The molecule has 0 atom stereocenters. The van der Waals surface area contributed by atoms with Crippen LogP contribution in [0.1, 0.15) is 12.8 Å². The molecule has 4 aromatic rings. The molecule has 2 fully saturated rings. The number of benzene rings is 1. The minimum atomic E-state index is -0.215. The van der Waals surface area contributed by atoms with Crippen LogP contribution >= 0.6 is 0 Å². The fraction of sp³-hybridized carbons (Fsp3) is 0.400.